The summed E-state index contributed by atoms with van der Waals surface area (Å²) in [7, 11) is 0. The maximum absolute atomic E-state index is 12.2. The van der Waals surface area contributed by atoms with Crippen LogP contribution in [-0.2, 0) is 0 Å². The summed E-state index contributed by atoms with van der Waals surface area (Å²) in [6, 6.07) is 2.42. The van der Waals surface area contributed by atoms with Gasteiger partial charge in [0.15, 0.2) is 0 Å². The van der Waals surface area contributed by atoms with Gasteiger partial charge in [0.2, 0.25) is 17.3 Å². The maximum atomic E-state index is 12.2. The van der Waals surface area contributed by atoms with E-state index >= 15 is 0 Å². The first-order valence-electron chi connectivity index (χ1n) is 6.75. The number of aromatic nitrogens is 3. The molecule has 2 heterocycles. The van der Waals surface area contributed by atoms with Gasteiger partial charge in [0.25, 0.3) is 5.91 Å². The Balaban J connectivity index is 2.16. The topological polar surface area (TPSA) is 101 Å². The Kier molecular flexibility index (Phi) is 4.52. The summed E-state index contributed by atoms with van der Waals surface area (Å²) in [5.41, 5.74) is 0.123. The zero-order valence-electron chi connectivity index (χ0n) is 12.2. The lowest BCUT2D eigenvalue weighted by Gasteiger charge is -2.17. The average Bonchev–Trinajstić information content (AvgIpc) is 2.85. The number of H-pyrrole nitrogens is 1. The largest absolute Gasteiger partial charge is 0.423 e. The van der Waals surface area contributed by atoms with Crippen LogP contribution >= 0.6 is 0 Å². The summed E-state index contributed by atoms with van der Waals surface area (Å²) < 4.78 is 5.41. The van der Waals surface area contributed by atoms with Crippen molar-refractivity contribution in [3.63, 3.8) is 0 Å². The number of aryl methyl sites for hydroxylation is 1. The highest BCUT2D eigenvalue weighted by molar-refractivity contribution is 5.94. The molecule has 2 aromatic heterocycles. The monoisotopic (exact) mass is 290 g/mol. The Morgan fingerprint density at radius 2 is 2.14 bits per heavy atom. The van der Waals surface area contributed by atoms with E-state index in [-0.39, 0.29) is 17.5 Å². The van der Waals surface area contributed by atoms with Crippen LogP contribution in [0, 0.1) is 12.8 Å². The lowest BCUT2D eigenvalue weighted by atomic mass is 10.0. The first kappa shape index (κ1) is 15.0. The van der Waals surface area contributed by atoms with E-state index in [9.17, 15) is 9.59 Å². The van der Waals surface area contributed by atoms with Gasteiger partial charge in [-0.15, -0.1) is 10.2 Å². The van der Waals surface area contributed by atoms with E-state index in [2.05, 4.69) is 20.5 Å². The van der Waals surface area contributed by atoms with Crippen LogP contribution in [0.25, 0.3) is 0 Å². The molecule has 21 heavy (non-hydrogen) atoms. The highest BCUT2D eigenvalue weighted by Crippen LogP contribution is 2.20. The van der Waals surface area contributed by atoms with Crippen molar-refractivity contribution in [1.82, 2.24) is 20.5 Å². The number of hydrogen-bond acceptors (Lipinski definition) is 5. The molecule has 2 N–H and O–H groups in total. The Labute approximate surface area is 121 Å². The molecule has 0 radical (unpaired) electrons. The van der Waals surface area contributed by atoms with Crippen molar-refractivity contribution in [2.24, 2.45) is 5.92 Å². The predicted molar refractivity (Wildman–Crippen MR) is 75.8 cm³/mol. The fraction of sp³-hybridized carbons (Fsp3) is 0.429. The van der Waals surface area contributed by atoms with Gasteiger partial charge in [0.05, 0.1) is 5.56 Å². The number of nitrogens with one attached hydrogen (secondary N) is 2. The Morgan fingerprint density at radius 1 is 1.38 bits per heavy atom. The first-order valence-corrected chi connectivity index (χ1v) is 6.75. The van der Waals surface area contributed by atoms with Gasteiger partial charge in [-0.2, -0.15) is 0 Å². The SMILES string of the molecule is Cc1nnc(C(CC(C)C)NC(=O)c2ccc(=O)[nH]c2)o1. The van der Waals surface area contributed by atoms with Gasteiger partial charge < -0.3 is 14.7 Å². The molecule has 0 saturated heterocycles. The molecular formula is C14H18N4O3. The number of nitrogens with zero attached hydrogens (tertiary/aromatic N) is 2. The van der Waals surface area contributed by atoms with Crippen LogP contribution in [0.2, 0.25) is 0 Å². The molecule has 0 spiro atoms. The molecule has 0 aliphatic rings. The van der Waals surface area contributed by atoms with Crippen LogP contribution in [0.4, 0.5) is 0 Å². The molecular weight excluding hydrogens is 272 g/mol. The molecule has 1 unspecified atom stereocenters. The molecule has 0 bridgehead atoms. The van der Waals surface area contributed by atoms with Crippen molar-refractivity contribution >= 4 is 5.91 Å². The Bertz CT molecular complexity index is 654. The molecule has 0 aliphatic carbocycles. The van der Waals surface area contributed by atoms with E-state index in [4.69, 9.17) is 4.42 Å². The number of amides is 1. The van der Waals surface area contributed by atoms with Crippen LogP contribution in [0.5, 0.6) is 0 Å². The van der Waals surface area contributed by atoms with Crippen molar-refractivity contribution in [1.29, 1.82) is 0 Å². The fourth-order valence-corrected chi connectivity index (χ4v) is 1.94. The lowest BCUT2D eigenvalue weighted by Crippen LogP contribution is -2.30. The van der Waals surface area contributed by atoms with Crippen molar-refractivity contribution in [3.05, 3.63) is 46.0 Å². The van der Waals surface area contributed by atoms with Crippen molar-refractivity contribution in [2.45, 2.75) is 33.2 Å². The number of hydrogen-bond donors (Lipinski definition) is 2. The van der Waals surface area contributed by atoms with Gasteiger partial charge >= 0.3 is 0 Å². The van der Waals surface area contributed by atoms with E-state index < -0.39 is 0 Å². The number of carbonyl (C=O) groups is 1. The van der Waals surface area contributed by atoms with E-state index in [1.807, 2.05) is 13.8 Å². The number of aromatic amines is 1. The summed E-state index contributed by atoms with van der Waals surface area (Å²) in [6.45, 7) is 5.79. The summed E-state index contributed by atoms with van der Waals surface area (Å²) in [5, 5.41) is 10.6. The minimum atomic E-state index is -0.356. The highest BCUT2D eigenvalue weighted by atomic mass is 16.4. The summed E-state index contributed by atoms with van der Waals surface area (Å²) >= 11 is 0. The second-order valence-electron chi connectivity index (χ2n) is 5.26. The van der Waals surface area contributed by atoms with Gasteiger partial charge in [-0.05, 0) is 18.4 Å². The van der Waals surface area contributed by atoms with Gasteiger partial charge in [-0.25, -0.2) is 0 Å². The third-order valence-corrected chi connectivity index (χ3v) is 2.90. The Hall–Kier alpha value is -2.44. The normalized spacial score (nSPS) is 12.4. The van der Waals surface area contributed by atoms with Gasteiger partial charge in [-0.1, -0.05) is 13.8 Å². The molecule has 0 aliphatic heterocycles. The summed E-state index contributed by atoms with van der Waals surface area (Å²) in [5.74, 6) is 0.891. The van der Waals surface area contributed by atoms with Crippen molar-refractivity contribution < 1.29 is 9.21 Å². The third-order valence-electron chi connectivity index (χ3n) is 2.90. The standard InChI is InChI=1S/C14H18N4O3/c1-8(2)6-11(14-18-17-9(3)21-14)16-13(20)10-4-5-12(19)15-7-10/h4-5,7-8,11H,6H2,1-3H3,(H,15,19)(H,16,20). The van der Waals surface area contributed by atoms with E-state index in [0.29, 0.717) is 29.7 Å². The molecule has 7 nitrogen and oxygen atoms in total. The molecule has 0 fully saturated rings. The number of rotatable bonds is 5. The molecule has 7 heteroatoms. The highest BCUT2D eigenvalue weighted by Gasteiger charge is 2.22. The van der Waals surface area contributed by atoms with Gasteiger partial charge in [0, 0.05) is 19.2 Å². The predicted octanol–water partition coefficient (Wildman–Crippen LogP) is 1.58. The molecule has 0 saturated carbocycles. The maximum Gasteiger partial charge on any atom is 0.253 e. The fourth-order valence-electron chi connectivity index (χ4n) is 1.94. The van der Waals surface area contributed by atoms with Crippen LogP contribution in [0.3, 0.4) is 0 Å². The van der Waals surface area contributed by atoms with Crippen LogP contribution in [0.15, 0.2) is 27.5 Å². The quantitative estimate of drug-likeness (QED) is 0.870. The smallest absolute Gasteiger partial charge is 0.253 e. The first-order chi connectivity index (χ1) is 9.95. The average molecular weight is 290 g/mol. The second kappa shape index (κ2) is 6.34. The third kappa shape index (κ3) is 4.01. The molecule has 0 aromatic carbocycles. The van der Waals surface area contributed by atoms with E-state index in [0.717, 1.165) is 0 Å². The van der Waals surface area contributed by atoms with Gasteiger partial charge in [-0.3, -0.25) is 9.59 Å². The second-order valence-corrected chi connectivity index (χ2v) is 5.26. The Morgan fingerprint density at radius 3 is 2.67 bits per heavy atom. The van der Waals surface area contributed by atoms with Crippen molar-refractivity contribution in [3.8, 4) is 0 Å². The van der Waals surface area contributed by atoms with Crippen LogP contribution < -0.4 is 10.9 Å². The number of carbonyl (C=O) groups excluding carboxylic acids is 1. The number of pyridine rings is 1. The van der Waals surface area contributed by atoms with E-state index in [1.165, 1.54) is 18.3 Å². The minimum absolute atomic E-state index is 0.252. The van der Waals surface area contributed by atoms with Crippen LogP contribution in [0.1, 0.15) is 48.4 Å². The minimum Gasteiger partial charge on any atom is -0.423 e. The van der Waals surface area contributed by atoms with Gasteiger partial charge in [0.1, 0.15) is 6.04 Å². The molecule has 1 amide bonds. The zero-order valence-corrected chi connectivity index (χ0v) is 12.2. The summed E-state index contributed by atoms with van der Waals surface area (Å²) in [4.78, 5) is 25.7. The molecule has 2 rings (SSSR count). The van der Waals surface area contributed by atoms with Crippen molar-refractivity contribution in [2.75, 3.05) is 0 Å². The lowest BCUT2D eigenvalue weighted by molar-refractivity contribution is 0.0923. The van der Waals surface area contributed by atoms with Crippen LogP contribution in [-0.4, -0.2) is 21.1 Å². The van der Waals surface area contributed by atoms with E-state index in [1.54, 1.807) is 6.92 Å². The summed E-state index contributed by atoms with van der Waals surface area (Å²) in [6.07, 6.45) is 2.06. The zero-order chi connectivity index (χ0) is 15.4. The molecule has 1 atom stereocenters. The molecule has 2 aromatic rings. The molecule has 112 valence electrons.